The van der Waals surface area contributed by atoms with E-state index in [-0.39, 0.29) is 37.3 Å². The number of hydrogen-bond acceptors (Lipinski definition) is 6. The van der Waals surface area contributed by atoms with Crippen LogP contribution in [0.5, 0.6) is 0 Å². The number of carbonyl (C=O) groups is 5. The van der Waals surface area contributed by atoms with Gasteiger partial charge in [0.25, 0.3) is 0 Å². The van der Waals surface area contributed by atoms with E-state index in [2.05, 4.69) is 23.8 Å². The van der Waals surface area contributed by atoms with Crippen molar-refractivity contribution in [2.45, 2.75) is 72.0 Å². The molecule has 10 heteroatoms. The summed E-state index contributed by atoms with van der Waals surface area (Å²) in [6.45, 7) is 16.4. The summed E-state index contributed by atoms with van der Waals surface area (Å²) in [6, 6.07) is 6.32. The Morgan fingerprint density at radius 1 is 0.976 bits per heavy atom. The normalized spacial score (nSPS) is 13.0. The van der Waals surface area contributed by atoms with Crippen molar-refractivity contribution in [1.82, 2.24) is 20.4 Å². The Bertz CT molecular complexity index is 1070. The van der Waals surface area contributed by atoms with Crippen molar-refractivity contribution in [1.29, 1.82) is 0 Å². The topological polar surface area (TPSA) is 125 Å². The fourth-order valence-electron chi connectivity index (χ4n) is 4.48. The molecule has 0 aliphatic rings. The van der Waals surface area contributed by atoms with Gasteiger partial charge in [-0.3, -0.25) is 19.2 Å². The summed E-state index contributed by atoms with van der Waals surface area (Å²) in [6.07, 6.45) is 4.23. The molecule has 232 valence electrons. The van der Waals surface area contributed by atoms with Gasteiger partial charge >= 0.3 is 5.97 Å². The van der Waals surface area contributed by atoms with E-state index in [1.165, 1.54) is 29.9 Å². The molecule has 0 unspecified atom stereocenters. The van der Waals surface area contributed by atoms with Gasteiger partial charge in [0.2, 0.25) is 23.6 Å². The highest BCUT2D eigenvalue weighted by molar-refractivity contribution is 5.94. The zero-order valence-electron chi connectivity index (χ0n) is 25.9. The third kappa shape index (κ3) is 11.9. The number of methoxy groups -OCH3 is 1. The van der Waals surface area contributed by atoms with Gasteiger partial charge in [-0.15, -0.1) is 13.2 Å². The third-order valence-corrected chi connectivity index (χ3v) is 6.70. The first-order valence-electron chi connectivity index (χ1n) is 14.3. The smallest absolute Gasteiger partial charge is 0.328 e. The fraction of sp³-hybridized carbons (Fsp3) is 0.531. The van der Waals surface area contributed by atoms with Gasteiger partial charge in [0.05, 0.1) is 13.7 Å². The van der Waals surface area contributed by atoms with Gasteiger partial charge in [0.15, 0.2) is 0 Å². The van der Waals surface area contributed by atoms with Crippen molar-refractivity contribution in [3.63, 3.8) is 0 Å². The summed E-state index contributed by atoms with van der Waals surface area (Å²) in [5.41, 5.74) is 0.803. The van der Waals surface area contributed by atoms with Crippen molar-refractivity contribution in [2.75, 3.05) is 26.7 Å². The maximum atomic E-state index is 14.1. The molecular weight excluding hydrogens is 536 g/mol. The first kappa shape index (κ1) is 36.1. The number of benzene rings is 1. The zero-order valence-corrected chi connectivity index (χ0v) is 25.9. The van der Waals surface area contributed by atoms with Crippen LogP contribution in [0.4, 0.5) is 0 Å². The Labute approximate surface area is 250 Å². The van der Waals surface area contributed by atoms with Gasteiger partial charge in [-0.05, 0) is 30.2 Å². The number of amides is 4. The number of hydrogen-bond donors (Lipinski definition) is 2. The van der Waals surface area contributed by atoms with Crippen LogP contribution < -0.4 is 10.6 Å². The molecule has 0 heterocycles. The number of ether oxygens (including phenoxy) is 1. The summed E-state index contributed by atoms with van der Waals surface area (Å²) in [4.78, 5) is 68.1. The van der Waals surface area contributed by atoms with Gasteiger partial charge in [0.1, 0.15) is 18.1 Å². The maximum Gasteiger partial charge on any atom is 0.328 e. The van der Waals surface area contributed by atoms with Crippen LogP contribution >= 0.6 is 0 Å². The van der Waals surface area contributed by atoms with Crippen molar-refractivity contribution in [2.24, 2.45) is 11.8 Å². The molecule has 1 aromatic rings. The van der Waals surface area contributed by atoms with Gasteiger partial charge in [-0.25, -0.2) is 4.79 Å². The van der Waals surface area contributed by atoms with Gasteiger partial charge in [-0.2, -0.15) is 0 Å². The van der Waals surface area contributed by atoms with Crippen LogP contribution in [0.25, 0.3) is 0 Å². The Balaban J connectivity index is 3.33. The van der Waals surface area contributed by atoms with E-state index in [1.807, 2.05) is 44.2 Å². The van der Waals surface area contributed by atoms with E-state index in [1.54, 1.807) is 19.9 Å². The molecule has 2 N–H and O–H groups in total. The second kappa shape index (κ2) is 18.5. The third-order valence-electron chi connectivity index (χ3n) is 6.70. The monoisotopic (exact) mass is 584 g/mol. The number of nitrogens with zero attached hydrogens (tertiary/aromatic N) is 2. The highest BCUT2D eigenvalue weighted by Gasteiger charge is 2.36. The molecule has 0 bridgehead atoms. The van der Waals surface area contributed by atoms with Gasteiger partial charge in [-0.1, -0.05) is 70.2 Å². The summed E-state index contributed by atoms with van der Waals surface area (Å²) in [5.74, 6) is -2.58. The SMILES string of the molecule is C=CCCN(CC(=O)N[C@H](C(=O)N[C@@H](Cc1ccccc1)C(=O)N(CC=C)[C@@H](CC(C)C)C(=O)OC)C(C)C)C(C)=O. The summed E-state index contributed by atoms with van der Waals surface area (Å²) >= 11 is 0. The molecule has 0 radical (unpaired) electrons. The van der Waals surface area contributed by atoms with Crippen LogP contribution in [0.15, 0.2) is 55.6 Å². The molecule has 0 saturated carbocycles. The summed E-state index contributed by atoms with van der Waals surface area (Å²) in [5, 5.41) is 5.57. The lowest BCUT2D eigenvalue weighted by atomic mass is 9.98. The number of nitrogens with one attached hydrogen (secondary N) is 2. The van der Waals surface area contributed by atoms with E-state index in [0.717, 1.165) is 5.56 Å². The van der Waals surface area contributed by atoms with Crippen LogP contribution in [-0.4, -0.2) is 84.3 Å². The lowest BCUT2D eigenvalue weighted by Gasteiger charge is -2.34. The van der Waals surface area contributed by atoms with Crippen molar-refractivity contribution >= 4 is 29.6 Å². The van der Waals surface area contributed by atoms with Gasteiger partial charge < -0.3 is 25.2 Å². The molecule has 1 aromatic carbocycles. The molecular formula is C32H48N4O6. The van der Waals surface area contributed by atoms with E-state index in [0.29, 0.717) is 19.4 Å². The fourth-order valence-corrected chi connectivity index (χ4v) is 4.48. The van der Waals surface area contributed by atoms with Crippen LogP contribution in [0.2, 0.25) is 0 Å². The Morgan fingerprint density at radius 3 is 2.12 bits per heavy atom. The van der Waals surface area contributed by atoms with E-state index < -0.39 is 41.8 Å². The van der Waals surface area contributed by atoms with Crippen LogP contribution in [0, 0.1) is 11.8 Å². The average molecular weight is 585 g/mol. The minimum absolute atomic E-state index is 0.0718. The van der Waals surface area contributed by atoms with Crippen molar-refractivity contribution < 1.29 is 28.7 Å². The van der Waals surface area contributed by atoms with Crippen molar-refractivity contribution in [3.05, 3.63) is 61.2 Å². The quantitative estimate of drug-likeness (QED) is 0.202. The van der Waals surface area contributed by atoms with Crippen molar-refractivity contribution in [3.8, 4) is 0 Å². The maximum absolute atomic E-state index is 14.1. The lowest BCUT2D eigenvalue weighted by Crippen LogP contribution is -2.59. The summed E-state index contributed by atoms with van der Waals surface area (Å²) in [7, 11) is 1.27. The Kier molecular flexibility index (Phi) is 15.9. The molecule has 42 heavy (non-hydrogen) atoms. The predicted molar refractivity (Wildman–Crippen MR) is 163 cm³/mol. The minimum Gasteiger partial charge on any atom is -0.467 e. The number of rotatable bonds is 18. The molecule has 1 rings (SSSR count). The Hall–Kier alpha value is -3.95. The molecule has 0 aliphatic carbocycles. The molecule has 4 amide bonds. The van der Waals surface area contributed by atoms with Gasteiger partial charge in [0, 0.05) is 26.4 Å². The van der Waals surface area contributed by atoms with Crippen LogP contribution in [-0.2, 0) is 35.1 Å². The second-order valence-electron chi connectivity index (χ2n) is 11.0. The average Bonchev–Trinajstić information content (AvgIpc) is 2.94. The molecule has 0 fully saturated rings. The van der Waals surface area contributed by atoms with Crippen LogP contribution in [0.3, 0.4) is 0 Å². The lowest BCUT2D eigenvalue weighted by molar-refractivity contribution is -0.154. The van der Waals surface area contributed by atoms with Crippen LogP contribution in [0.1, 0.15) is 53.0 Å². The highest BCUT2D eigenvalue weighted by Crippen LogP contribution is 2.17. The van der Waals surface area contributed by atoms with E-state index >= 15 is 0 Å². The second-order valence-corrected chi connectivity index (χ2v) is 11.0. The summed E-state index contributed by atoms with van der Waals surface area (Å²) < 4.78 is 5.02. The highest BCUT2D eigenvalue weighted by atomic mass is 16.5. The molecule has 10 nitrogen and oxygen atoms in total. The molecule has 0 aromatic heterocycles. The molecule has 0 aliphatic heterocycles. The molecule has 0 saturated heterocycles. The minimum atomic E-state index is -1.04. The first-order valence-corrected chi connectivity index (χ1v) is 14.3. The van der Waals surface area contributed by atoms with E-state index in [4.69, 9.17) is 4.74 Å². The largest absolute Gasteiger partial charge is 0.467 e. The molecule has 0 spiro atoms. The standard InChI is InChI=1S/C32H48N4O6/c1-9-11-18-35(24(7)37)21-28(38)34-29(23(5)6)30(39)33-26(20-25-15-13-12-14-16-25)31(40)36(17-10-2)27(19-22(3)4)32(41)42-8/h9-10,12-16,22-23,26-27,29H,1-2,11,17-21H2,3-8H3,(H,33,39)(H,34,38)/t26-,27-,29-/m0/s1. The Morgan fingerprint density at radius 2 is 1.62 bits per heavy atom. The number of esters is 1. The first-order chi connectivity index (χ1) is 19.9. The van der Waals surface area contributed by atoms with E-state index in [9.17, 15) is 24.0 Å². The molecule has 3 atom stereocenters. The zero-order chi connectivity index (χ0) is 31.8. The number of carbonyl (C=O) groups excluding carboxylic acids is 5. The predicted octanol–water partition coefficient (Wildman–Crippen LogP) is 2.88.